The van der Waals surface area contributed by atoms with Crippen LogP contribution < -0.4 is 0 Å². The standard InChI is InChI=1S/C15H9N3O2/c16-9-10-4-6-11(7-5-10)13-12-3-1-2-8-18(12)14(17-13)15(19)20/h1-8H,(H,19,20). The summed E-state index contributed by atoms with van der Waals surface area (Å²) in [4.78, 5) is 15.4. The van der Waals surface area contributed by atoms with E-state index in [-0.39, 0.29) is 5.82 Å². The molecule has 3 rings (SSSR count). The molecule has 2 heterocycles. The molecule has 0 atom stereocenters. The van der Waals surface area contributed by atoms with Crippen molar-refractivity contribution in [2.24, 2.45) is 0 Å². The highest BCUT2D eigenvalue weighted by atomic mass is 16.4. The highest BCUT2D eigenvalue weighted by Gasteiger charge is 2.16. The smallest absolute Gasteiger partial charge is 0.372 e. The number of benzene rings is 1. The summed E-state index contributed by atoms with van der Waals surface area (Å²) in [6.07, 6.45) is 1.67. The van der Waals surface area contributed by atoms with Gasteiger partial charge in [0.2, 0.25) is 5.82 Å². The van der Waals surface area contributed by atoms with E-state index in [9.17, 15) is 9.90 Å². The van der Waals surface area contributed by atoms with E-state index < -0.39 is 5.97 Å². The normalized spacial score (nSPS) is 10.3. The number of aromatic carboxylic acids is 1. The Kier molecular flexibility index (Phi) is 2.70. The molecular weight excluding hydrogens is 254 g/mol. The maximum absolute atomic E-state index is 11.2. The van der Waals surface area contributed by atoms with E-state index in [1.54, 1.807) is 36.5 Å². The largest absolute Gasteiger partial charge is 0.475 e. The van der Waals surface area contributed by atoms with Gasteiger partial charge in [-0.05, 0) is 24.3 Å². The van der Waals surface area contributed by atoms with Gasteiger partial charge in [-0.2, -0.15) is 5.26 Å². The summed E-state index contributed by atoms with van der Waals surface area (Å²) in [5.74, 6) is -1.11. The van der Waals surface area contributed by atoms with E-state index in [1.165, 1.54) is 4.40 Å². The Morgan fingerprint density at radius 1 is 1.20 bits per heavy atom. The van der Waals surface area contributed by atoms with Crippen LogP contribution in [0.1, 0.15) is 16.2 Å². The minimum absolute atomic E-state index is 0.0278. The summed E-state index contributed by atoms with van der Waals surface area (Å²) >= 11 is 0. The molecule has 3 aromatic rings. The molecule has 1 N–H and O–H groups in total. The maximum Gasteiger partial charge on any atom is 0.372 e. The lowest BCUT2D eigenvalue weighted by Gasteiger charge is -1.98. The molecule has 0 aliphatic heterocycles. The van der Waals surface area contributed by atoms with Crippen molar-refractivity contribution in [3.63, 3.8) is 0 Å². The molecule has 0 amide bonds. The third kappa shape index (κ3) is 1.80. The molecule has 0 saturated heterocycles. The van der Waals surface area contributed by atoms with Crippen molar-refractivity contribution in [1.29, 1.82) is 5.26 Å². The SMILES string of the molecule is N#Cc1ccc(-c2nc(C(=O)O)n3ccccc23)cc1. The van der Waals surface area contributed by atoms with E-state index in [1.807, 2.05) is 18.2 Å². The van der Waals surface area contributed by atoms with Gasteiger partial charge in [0.15, 0.2) is 0 Å². The highest BCUT2D eigenvalue weighted by Crippen LogP contribution is 2.25. The number of carboxylic acids is 1. The van der Waals surface area contributed by atoms with Crippen molar-refractivity contribution in [2.45, 2.75) is 0 Å². The first kappa shape index (κ1) is 11.9. The van der Waals surface area contributed by atoms with Crippen LogP contribution in [0.2, 0.25) is 0 Å². The average molecular weight is 263 g/mol. The lowest BCUT2D eigenvalue weighted by atomic mass is 10.1. The molecule has 1 aromatic carbocycles. The van der Waals surface area contributed by atoms with Gasteiger partial charge >= 0.3 is 5.97 Å². The monoisotopic (exact) mass is 263 g/mol. The lowest BCUT2D eigenvalue weighted by molar-refractivity contribution is 0.0683. The summed E-state index contributed by atoms with van der Waals surface area (Å²) in [7, 11) is 0. The average Bonchev–Trinajstić information content (AvgIpc) is 2.87. The van der Waals surface area contributed by atoms with E-state index in [0.29, 0.717) is 11.3 Å². The van der Waals surface area contributed by atoms with Gasteiger partial charge in [-0.3, -0.25) is 4.40 Å². The van der Waals surface area contributed by atoms with Gasteiger partial charge in [-0.15, -0.1) is 0 Å². The van der Waals surface area contributed by atoms with E-state index in [0.717, 1.165) is 11.1 Å². The minimum atomic E-state index is -1.08. The van der Waals surface area contributed by atoms with Crippen molar-refractivity contribution in [1.82, 2.24) is 9.38 Å². The molecule has 0 bridgehead atoms. The number of hydrogen-bond acceptors (Lipinski definition) is 3. The summed E-state index contributed by atoms with van der Waals surface area (Å²) in [6.45, 7) is 0. The molecule has 0 aliphatic carbocycles. The second kappa shape index (κ2) is 4.52. The van der Waals surface area contributed by atoms with Crippen molar-refractivity contribution < 1.29 is 9.90 Å². The zero-order valence-corrected chi connectivity index (χ0v) is 10.3. The number of carboxylic acid groups (broad SMARTS) is 1. The molecule has 0 aliphatic rings. The van der Waals surface area contributed by atoms with Gasteiger partial charge in [0.1, 0.15) is 0 Å². The number of aromatic nitrogens is 2. The first-order chi connectivity index (χ1) is 9.70. The zero-order valence-electron chi connectivity index (χ0n) is 10.3. The Bertz CT molecular complexity index is 842. The number of fused-ring (bicyclic) bond motifs is 1. The summed E-state index contributed by atoms with van der Waals surface area (Å²) in [5.41, 5.74) is 2.64. The van der Waals surface area contributed by atoms with E-state index in [2.05, 4.69) is 4.98 Å². The molecule has 2 aromatic heterocycles. The van der Waals surface area contributed by atoms with Crippen molar-refractivity contribution in [3.05, 3.63) is 60.0 Å². The van der Waals surface area contributed by atoms with Gasteiger partial charge < -0.3 is 5.11 Å². The quantitative estimate of drug-likeness (QED) is 0.770. The minimum Gasteiger partial charge on any atom is -0.475 e. The Balaban J connectivity index is 2.25. The van der Waals surface area contributed by atoms with Crippen molar-refractivity contribution in [3.8, 4) is 17.3 Å². The van der Waals surface area contributed by atoms with Crippen LogP contribution in [0, 0.1) is 11.3 Å². The molecule has 5 nitrogen and oxygen atoms in total. The molecule has 0 fully saturated rings. The maximum atomic E-state index is 11.2. The molecule has 5 heteroatoms. The Morgan fingerprint density at radius 3 is 2.60 bits per heavy atom. The van der Waals surface area contributed by atoms with Crippen molar-refractivity contribution >= 4 is 11.5 Å². The second-order valence-electron chi connectivity index (χ2n) is 4.23. The van der Waals surface area contributed by atoms with Gasteiger partial charge in [0, 0.05) is 11.8 Å². The van der Waals surface area contributed by atoms with Gasteiger partial charge in [0.05, 0.1) is 22.8 Å². The fourth-order valence-electron chi connectivity index (χ4n) is 2.10. The predicted molar refractivity (Wildman–Crippen MR) is 72.3 cm³/mol. The number of nitriles is 1. The summed E-state index contributed by atoms with van der Waals surface area (Å²) < 4.78 is 1.54. The number of imidazole rings is 1. The Labute approximate surface area is 114 Å². The molecule has 0 radical (unpaired) electrons. The van der Waals surface area contributed by atoms with Crippen LogP contribution in [-0.2, 0) is 0 Å². The highest BCUT2D eigenvalue weighted by molar-refractivity contribution is 5.89. The Morgan fingerprint density at radius 2 is 1.95 bits per heavy atom. The van der Waals surface area contributed by atoms with E-state index in [4.69, 9.17) is 5.26 Å². The Hall–Kier alpha value is -3.13. The first-order valence-corrected chi connectivity index (χ1v) is 5.91. The zero-order chi connectivity index (χ0) is 14.1. The van der Waals surface area contributed by atoms with Gasteiger partial charge in [-0.1, -0.05) is 18.2 Å². The number of carbonyl (C=O) groups is 1. The number of hydrogen-bond donors (Lipinski definition) is 1. The van der Waals surface area contributed by atoms with Crippen LogP contribution in [0.25, 0.3) is 16.8 Å². The fraction of sp³-hybridized carbons (Fsp3) is 0. The van der Waals surface area contributed by atoms with Gasteiger partial charge in [0.25, 0.3) is 0 Å². The molecule has 0 spiro atoms. The summed E-state index contributed by atoms with van der Waals surface area (Å²) in [6, 6.07) is 14.3. The van der Waals surface area contributed by atoms with E-state index >= 15 is 0 Å². The van der Waals surface area contributed by atoms with Crippen LogP contribution in [-0.4, -0.2) is 20.5 Å². The van der Waals surface area contributed by atoms with Gasteiger partial charge in [-0.25, -0.2) is 9.78 Å². The lowest BCUT2D eigenvalue weighted by Crippen LogP contribution is -2.02. The van der Waals surface area contributed by atoms with Crippen LogP contribution >= 0.6 is 0 Å². The van der Waals surface area contributed by atoms with Crippen LogP contribution in [0.15, 0.2) is 48.7 Å². The first-order valence-electron chi connectivity index (χ1n) is 5.91. The van der Waals surface area contributed by atoms with Crippen molar-refractivity contribution in [2.75, 3.05) is 0 Å². The van der Waals surface area contributed by atoms with Crippen LogP contribution in [0.3, 0.4) is 0 Å². The third-order valence-electron chi connectivity index (χ3n) is 3.03. The predicted octanol–water partition coefficient (Wildman–Crippen LogP) is 2.57. The fourth-order valence-corrected chi connectivity index (χ4v) is 2.10. The molecule has 20 heavy (non-hydrogen) atoms. The van der Waals surface area contributed by atoms with Crippen LogP contribution in [0.5, 0.6) is 0 Å². The third-order valence-corrected chi connectivity index (χ3v) is 3.03. The number of nitrogens with zero attached hydrogens (tertiary/aromatic N) is 3. The molecule has 0 unspecified atom stereocenters. The number of rotatable bonds is 2. The van der Waals surface area contributed by atoms with Crippen LogP contribution in [0.4, 0.5) is 0 Å². The topological polar surface area (TPSA) is 78.4 Å². The molecule has 0 saturated carbocycles. The molecular formula is C15H9N3O2. The molecule has 96 valence electrons. The summed E-state index contributed by atoms with van der Waals surface area (Å²) in [5, 5.41) is 18.0. The number of pyridine rings is 1. The second-order valence-corrected chi connectivity index (χ2v) is 4.23.